The number of morpholine rings is 1. The van der Waals surface area contributed by atoms with E-state index in [1.165, 1.54) is 10.4 Å². The number of aryl methyl sites for hydroxylation is 3. The molecule has 6 nitrogen and oxygen atoms in total. The van der Waals surface area contributed by atoms with Gasteiger partial charge in [0.05, 0.1) is 19.8 Å². The molecule has 1 saturated heterocycles. The standard InChI is InChI=1S/C18H23N5OS2/c1-4-13-9-19-18(20-13)26-17-15-11(2)12(3)25-16(15)21-14(22-17)10-23-5-7-24-8-6-23/h9H,4-8,10H2,1-3H3,(H,19,20). The molecule has 0 aliphatic carbocycles. The SMILES string of the molecule is CCc1cnc(Sc2nc(CN3CCOCC3)nc3sc(C)c(C)c23)[nH]1. The molecule has 0 amide bonds. The molecule has 0 bridgehead atoms. The van der Waals surface area contributed by atoms with Crippen LogP contribution in [0.5, 0.6) is 0 Å². The van der Waals surface area contributed by atoms with E-state index in [0.29, 0.717) is 0 Å². The maximum atomic E-state index is 5.45. The predicted octanol–water partition coefficient (Wildman–Crippen LogP) is 3.58. The molecule has 0 spiro atoms. The molecule has 26 heavy (non-hydrogen) atoms. The molecule has 0 saturated carbocycles. The summed E-state index contributed by atoms with van der Waals surface area (Å²) in [4.78, 5) is 22.4. The van der Waals surface area contributed by atoms with Crippen LogP contribution in [-0.2, 0) is 17.7 Å². The first kappa shape index (κ1) is 17.9. The van der Waals surface area contributed by atoms with Crippen LogP contribution in [-0.4, -0.2) is 51.1 Å². The summed E-state index contributed by atoms with van der Waals surface area (Å²) in [7, 11) is 0. The fraction of sp³-hybridized carbons (Fsp3) is 0.500. The number of nitrogens with zero attached hydrogens (tertiary/aromatic N) is 4. The maximum Gasteiger partial charge on any atom is 0.171 e. The third-order valence-electron chi connectivity index (χ3n) is 4.69. The molecule has 3 aromatic heterocycles. The number of aromatic amines is 1. The van der Waals surface area contributed by atoms with E-state index < -0.39 is 0 Å². The van der Waals surface area contributed by atoms with Crippen LogP contribution in [0.3, 0.4) is 0 Å². The predicted molar refractivity (Wildman–Crippen MR) is 105 cm³/mol. The van der Waals surface area contributed by atoms with Crippen LogP contribution in [0.1, 0.15) is 28.9 Å². The summed E-state index contributed by atoms with van der Waals surface area (Å²) < 4.78 is 5.45. The second-order valence-electron chi connectivity index (χ2n) is 6.47. The average Bonchev–Trinajstić information content (AvgIpc) is 3.20. The van der Waals surface area contributed by atoms with Crippen molar-refractivity contribution in [1.82, 2.24) is 24.8 Å². The Kier molecular flexibility index (Phi) is 5.26. The normalized spacial score (nSPS) is 15.8. The molecule has 4 rings (SSSR count). The van der Waals surface area contributed by atoms with Gasteiger partial charge in [-0.2, -0.15) is 0 Å². The van der Waals surface area contributed by atoms with Crippen LogP contribution in [0.15, 0.2) is 16.4 Å². The number of hydrogen-bond acceptors (Lipinski definition) is 7. The smallest absolute Gasteiger partial charge is 0.171 e. The Balaban J connectivity index is 1.70. The monoisotopic (exact) mass is 389 g/mol. The van der Waals surface area contributed by atoms with Gasteiger partial charge in [-0.05, 0) is 37.6 Å². The van der Waals surface area contributed by atoms with Gasteiger partial charge < -0.3 is 9.72 Å². The van der Waals surface area contributed by atoms with Crippen molar-refractivity contribution in [3.8, 4) is 0 Å². The van der Waals surface area contributed by atoms with E-state index >= 15 is 0 Å². The number of H-pyrrole nitrogens is 1. The molecule has 1 fully saturated rings. The summed E-state index contributed by atoms with van der Waals surface area (Å²) in [5.74, 6) is 0.880. The summed E-state index contributed by atoms with van der Waals surface area (Å²) in [6.07, 6.45) is 2.85. The molecule has 1 N–H and O–H groups in total. The van der Waals surface area contributed by atoms with Crippen molar-refractivity contribution in [3.63, 3.8) is 0 Å². The molecule has 1 aliphatic heterocycles. The van der Waals surface area contributed by atoms with Crippen molar-refractivity contribution in [1.29, 1.82) is 0 Å². The third kappa shape index (κ3) is 3.64. The molecule has 0 radical (unpaired) electrons. The van der Waals surface area contributed by atoms with Crippen molar-refractivity contribution in [2.75, 3.05) is 26.3 Å². The first-order valence-corrected chi connectivity index (χ1v) is 10.6. The Labute approximate surface area is 161 Å². The molecule has 1 aliphatic rings. The van der Waals surface area contributed by atoms with E-state index in [4.69, 9.17) is 14.7 Å². The van der Waals surface area contributed by atoms with E-state index in [1.54, 1.807) is 23.1 Å². The molecule has 4 heterocycles. The second kappa shape index (κ2) is 7.64. The summed E-state index contributed by atoms with van der Waals surface area (Å²) in [6, 6.07) is 0. The summed E-state index contributed by atoms with van der Waals surface area (Å²) in [6.45, 7) is 10.6. The maximum absolute atomic E-state index is 5.45. The van der Waals surface area contributed by atoms with Gasteiger partial charge in [-0.1, -0.05) is 6.92 Å². The van der Waals surface area contributed by atoms with Gasteiger partial charge in [-0.25, -0.2) is 15.0 Å². The Morgan fingerprint density at radius 1 is 1.27 bits per heavy atom. The minimum atomic E-state index is 0.765. The Morgan fingerprint density at radius 2 is 2.08 bits per heavy atom. The van der Waals surface area contributed by atoms with Gasteiger partial charge in [-0.15, -0.1) is 11.3 Å². The summed E-state index contributed by atoms with van der Waals surface area (Å²) >= 11 is 3.35. The third-order valence-corrected chi connectivity index (χ3v) is 6.68. The first-order chi connectivity index (χ1) is 12.6. The lowest BCUT2D eigenvalue weighted by Gasteiger charge is -2.25. The Hall–Kier alpha value is -1.48. The van der Waals surface area contributed by atoms with E-state index in [1.807, 2.05) is 6.20 Å². The number of imidazole rings is 1. The molecular weight excluding hydrogens is 366 g/mol. The molecule has 3 aromatic rings. The van der Waals surface area contributed by atoms with Crippen LogP contribution in [0.4, 0.5) is 0 Å². The number of fused-ring (bicyclic) bond motifs is 1. The average molecular weight is 390 g/mol. The Morgan fingerprint density at radius 3 is 2.81 bits per heavy atom. The molecule has 138 valence electrons. The van der Waals surface area contributed by atoms with E-state index in [-0.39, 0.29) is 0 Å². The number of nitrogens with one attached hydrogen (secondary N) is 1. The fourth-order valence-corrected chi connectivity index (χ4v) is 5.11. The van der Waals surface area contributed by atoms with Gasteiger partial charge in [0.1, 0.15) is 15.7 Å². The lowest BCUT2D eigenvalue weighted by atomic mass is 10.2. The van der Waals surface area contributed by atoms with Gasteiger partial charge >= 0.3 is 0 Å². The van der Waals surface area contributed by atoms with Crippen molar-refractivity contribution >= 4 is 33.3 Å². The number of hydrogen-bond donors (Lipinski definition) is 1. The number of rotatable bonds is 5. The zero-order valence-corrected chi connectivity index (χ0v) is 17.0. The van der Waals surface area contributed by atoms with Gasteiger partial charge in [0.25, 0.3) is 0 Å². The minimum Gasteiger partial charge on any atom is -0.379 e. The van der Waals surface area contributed by atoms with E-state index in [9.17, 15) is 0 Å². The van der Waals surface area contributed by atoms with Crippen LogP contribution in [0, 0.1) is 13.8 Å². The number of ether oxygens (including phenoxy) is 1. The highest BCUT2D eigenvalue weighted by Crippen LogP contribution is 2.37. The van der Waals surface area contributed by atoms with Gasteiger partial charge in [0.15, 0.2) is 5.16 Å². The number of thiophene rings is 1. The molecular formula is C18H23N5OS2. The molecule has 8 heteroatoms. The lowest BCUT2D eigenvalue weighted by molar-refractivity contribution is 0.0330. The highest BCUT2D eigenvalue weighted by Gasteiger charge is 2.19. The molecule has 0 atom stereocenters. The molecule has 0 aromatic carbocycles. The van der Waals surface area contributed by atoms with E-state index in [2.05, 4.69) is 35.6 Å². The highest BCUT2D eigenvalue weighted by atomic mass is 32.2. The Bertz CT molecular complexity index is 914. The van der Waals surface area contributed by atoms with E-state index in [0.717, 1.165) is 71.2 Å². The first-order valence-electron chi connectivity index (χ1n) is 8.92. The zero-order valence-electron chi connectivity index (χ0n) is 15.3. The van der Waals surface area contributed by atoms with Gasteiger partial charge in [-0.3, -0.25) is 4.90 Å². The van der Waals surface area contributed by atoms with Crippen molar-refractivity contribution in [2.24, 2.45) is 0 Å². The van der Waals surface area contributed by atoms with Crippen LogP contribution in [0.2, 0.25) is 0 Å². The van der Waals surface area contributed by atoms with Crippen LogP contribution in [0.25, 0.3) is 10.2 Å². The van der Waals surface area contributed by atoms with Crippen LogP contribution < -0.4 is 0 Å². The minimum absolute atomic E-state index is 0.765. The summed E-state index contributed by atoms with van der Waals surface area (Å²) in [5, 5.41) is 3.05. The van der Waals surface area contributed by atoms with Gasteiger partial charge in [0, 0.05) is 35.2 Å². The van der Waals surface area contributed by atoms with Crippen molar-refractivity contribution in [3.05, 3.63) is 28.2 Å². The van der Waals surface area contributed by atoms with Crippen molar-refractivity contribution < 1.29 is 4.74 Å². The van der Waals surface area contributed by atoms with Gasteiger partial charge in [0.2, 0.25) is 0 Å². The zero-order chi connectivity index (χ0) is 18.1. The second-order valence-corrected chi connectivity index (χ2v) is 8.65. The number of aromatic nitrogens is 4. The van der Waals surface area contributed by atoms with Crippen molar-refractivity contribution in [2.45, 2.75) is 43.9 Å². The highest BCUT2D eigenvalue weighted by molar-refractivity contribution is 7.99. The topological polar surface area (TPSA) is 66.9 Å². The van der Waals surface area contributed by atoms with Crippen LogP contribution >= 0.6 is 23.1 Å². The fourth-order valence-electron chi connectivity index (χ4n) is 3.02. The lowest BCUT2D eigenvalue weighted by Crippen LogP contribution is -2.36. The largest absolute Gasteiger partial charge is 0.379 e. The summed E-state index contributed by atoms with van der Waals surface area (Å²) in [5.41, 5.74) is 2.41. The molecule has 0 unspecified atom stereocenters. The quantitative estimate of drug-likeness (QED) is 0.673.